The van der Waals surface area contributed by atoms with Crippen molar-refractivity contribution < 1.29 is 0 Å². The topological polar surface area (TPSA) is 18.8 Å². The monoisotopic (exact) mass is 371 g/mol. The molecule has 0 aromatic heterocycles. The number of hydrogen-bond acceptors (Lipinski definition) is 3. The Morgan fingerprint density at radius 2 is 2.00 bits per heavy atom. The van der Waals surface area contributed by atoms with Crippen molar-refractivity contribution in [3.8, 4) is 0 Å². The molecule has 0 aromatic carbocycles. The van der Waals surface area contributed by atoms with E-state index in [0.29, 0.717) is 16.6 Å². The second-order valence-corrected chi connectivity index (χ2v) is 6.24. The van der Waals surface area contributed by atoms with Crippen LogP contribution in [0.2, 0.25) is 0 Å². The first-order chi connectivity index (χ1) is 11.1. The Bertz CT molecular complexity index is 641. The average Bonchev–Trinajstić information content (AvgIpc) is 2.84. The van der Waals surface area contributed by atoms with Crippen LogP contribution in [0, 0.1) is 0 Å². The van der Waals surface area contributed by atoms with Gasteiger partial charge < -0.3 is 0 Å². The fourth-order valence-electron chi connectivity index (χ4n) is 2.42. The second-order valence-electron chi connectivity index (χ2n) is 4.98. The maximum Gasteiger partial charge on any atom is 0.146 e. The number of halogens is 3. The van der Waals surface area contributed by atoms with Crippen molar-refractivity contribution in [3.05, 3.63) is 58.0 Å². The highest BCUT2D eigenvalue weighted by atomic mass is 35.5. The highest BCUT2D eigenvalue weighted by molar-refractivity contribution is 6.34. The molecule has 3 rings (SSSR count). The highest BCUT2D eigenvalue weighted by Crippen LogP contribution is 2.32. The maximum atomic E-state index is 6.36. The van der Waals surface area contributed by atoms with E-state index in [-0.39, 0.29) is 5.38 Å². The van der Waals surface area contributed by atoms with Gasteiger partial charge in [-0.15, -0.1) is 11.6 Å². The zero-order valence-electron chi connectivity index (χ0n) is 13.4. The Balaban J connectivity index is 0.000000924. The molecule has 1 atom stereocenters. The fraction of sp³-hybridized carbons (Fsp3) is 0.353. The quantitative estimate of drug-likeness (QED) is 0.492. The van der Waals surface area contributed by atoms with Gasteiger partial charge in [-0.3, -0.25) is 0 Å². The van der Waals surface area contributed by atoms with Gasteiger partial charge >= 0.3 is 0 Å². The summed E-state index contributed by atoms with van der Waals surface area (Å²) in [7, 11) is 1.97. The van der Waals surface area contributed by atoms with Gasteiger partial charge in [0.05, 0.1) is 11.1 Å². The number of nitrogens with zero attached hydrogens (tertiary/aromatic N) is 3. The Hall–Kier alpha value is -1.00. The summed E-state index contributed by atoms with van der Waals surface area (Å²) < 4.78 is 0. The molecule has 2 heterocycles. The average molecular weight is 373 g/mol. The number of alkyl halides is 1. The molecule has 0 saturated heterocycles. The molecule has 0 saturated carbocycles. The van der Waals surface area contributed by atoms with Crippen molar-refractivity contribution in [1.82, 2.24) is 10.0 Å². The predicted molar refractivity (Wildman–Crippen MR) is 101 cm³/mol. The maximum absolute atomic E-state index is 6.36. The summed E-state index contributed by atoms with van der Waals surface area (Å²) in [6.45, 7) is 4.79. The fourth-order valence-corrected chi connectivity index (χ4v) is 3.36. The Morgan fingerprint density at radius 3 is 2.74 bits per heavy atom. The van der Waals surface area contributed by atoms with Crippen LogP contribution in [-0.4, -0.2) is 34.7 Å². The van der Waals surface area contributed by atoms with E-state index in [9.17, 15) is 0 Å². The summed E-state index contributed by atoms with van der Waals surface area (Å²) in [4.78, 5) is 4.64. The molecule has 0 spiro atoms. The van der Waals surface area contributed by atoms with E-state index in [1.165, 1.54) is 0 Å². The Morgan fingerprint density at radius 1 is 1.26 bits per heavy atom. The summed E-state index contributed by atoms with van der Waals surface area (Å²) in [5, 5.41) is 4.94. The SMILES string of the molecule is CC.CN1CC=C2N=C(CC3=C(Cl)C=CC=CC3Cl)C=C(Cl)N21. The molecule has 0 amide bonds. The first-order valence-electron chi connectivity index (χ1n) is 7.60. The standard InChI is InChI=1S/C15H14Cl3N3.C2H6/c1-20-7-6-15-19-10(9-14(18)21(15)20)8-11-12(16)4-2-3-5-13(11)17;1-2/h2-6,9,12H,7-8H2,1H3;1-2H3. The largest absolute Gasteiger partial charge is 0.246 e. The lowest BCUT2D eigenvalue weighted by Crippen LogP contribution is -2.33. The summed E-state index contributed by atoms with van der Waals surface area (Å²) in [6.07, 6.45) is 12.0. The van der Waals surface area contributed by atoms with E-state index in [4.69, 9.17) is 34.8 Å². The van der Waals surface area contributed by atoms with E-state index < -0.39 is 0 Å². The third-order valence-electron chi connectivity index (χ3n) is 3.49. The Labute approximate surface area is 152 Å². The third-order valence-corrected chi connectivity index (χ3v) is 4.53. The summed E-state index contributed by atoms with van der Waals surface area (Å²) in [6, 6.07) is 0. The van der Waals surface area contributed by atoms with Gasteiger partial charge in [0.15, 0.2) is 0 Å². The van der Waals surface area contributed by atoms with Crippen LogP contribution in [0.25, 0.3) is 0 Å². The molecular formula is C17H20Cl3N3. The van der Waals surface area contributed by atoms with E-state index >= 15 is 0 Å². The van der Waals surface area contributed by atoms with Crippen molar-refractivity contribution in [2.24, 2.45) is 4.99 Å². The zero-order chi connectivity index (χ0) is 17.0. The predicted octanol–water partition coefficient (Wildman–Crippen LogP) is 5.17. The van der Waals surface area contributed by atoms with Crippen LogP contribution in [0.5, 0.6) is 0 Å². The second kappa shape index (κ2) is 8.20. The number of rotatable bonds is 2. The first kappa shape index (κ1) is 18.3. The van der Waals surface area contributed by atoms with Gasteiger partial charge in [-0.2, -0.15) is 0 Å². The normalized spacial score (nSPS) is 23.7. The number of hydrazine groups is 1. The van der Waals surface area contributed by atoms with Gasteiger partial charge in [0.25, 0.3) is 0 Å². The van der Waals surface area contributed by atoms with E-state index in [1.807, 2.05) is 67.4 Å². The number of hydrogen-bond donors (Lipinski definition) is 0. The van der Waals surface area contributed by atoms with Crippen LogP contribution in [0.15, 0.2) is 63.0 Å². The minimum atomic E-state index is -0.236. The van der Waals surface area contributed by atoms with Gasteiger partial charge in [-0.05, 0) is 23.8 Å². The molecule has 3 nitrogen and oxygen atoms in total. The van der Waals surface area contributed by atoms with Crippen LogP contribution in [-0.2, 0) is 0 Å². The summed E-state index contributed by atoms with van der Waals surface area (Å²) >= 11 is 19.0. The van der Waals surface area contributed by atoms with E-state index in [2.05, 4.69) is 4.99 Å². The van der Waals surface area contributed by atoms with E-state index in [0.717, 1.165) is 23.7 Å². The molecule has 0 bridgehead atoms. The molecule has 2 aliphatic heterocycles. The first-order valence-corrected chi connectivity index (χ1v) is 8.79. The minimum Gasteiger partial charge on any atom is -0.246 e. The number of aliphatic imine (C=N–C) groups is 1. The molecule has 0 aromatic rings. The lowest BCUT2D eigenvalue weighted by Gasteiger charge is -2.29. The molecule has 0 fully saturated rings. The zero-order valence-corrected chi connectivity index (χ0v) is 15.7. The molecule has 3 aliphatic rings. The van der Waals surface area contributed by atoms with Crippen molar-refractivity contribution >= 4 is 40.5 Å². The van der Waals surface area contributed by atoms with Crippen LogP contribution in [0.4, 0.5) is 0 Å². The molecular weight excluding hydrogens is 353 g/mol. The molecule has 23 heavy (non-hydrogen) atoms. The van der Waals surface area contributed by atoms with Gasteiger partial charge in [0, 0.05) is 25.0 Å². The molecule has 6 heteroatoms. The van der Waals surface area contributed by atoms with Gasteiger partial charge in [-0.1, -0.05) is 55.3 Å². The smallest absolute Gasteiger partial charge is 0.146 e. The van der Waals surface area contributed by atoms with Crippen LogP contribution < -0.4 is 0 Å². The number of likely N-dealkylation sites (N-methyl/N-ethyl adjacent to an activating group) is 1. The summed E-state index contributed by atoms with van der Waals surface area (Å²) in [5.41, 5.74) is 1.79. The van der Waals surface area contributed by atoms with Crippen molar-refractivity contribution in [3.63, 3.8) is 0 Å². The molecule has 1 aliphatic carbocycles. The van der Waals surface area contributed by atoms with Crippen LogP contribution >= 0.6 is 34.8 Å². The van der Waals surface area contributed by atoms with Crippen molar-refractivity contribution in [2.75, 3.05) is 13.6 Å². The lowest BCUT2D eigenvalue weighted by molar-refractivity contribution is 0.120. The van der Waals surface area contributed by atoms with Crippen LogP contribution in [0.1, 0.15) is 20.3 Å². The van der Waals surface area contributed by atoms with Crippen molar-refractivity contribution in [2.45, 2.75) is 25.6 Å². The number of fused-ring (bicyclic) bond motifs is 1. The lowest BCUT2D eigenvalue weighted by atomic mass is 10.0. The summed E-state index contributed by atoms with van der Waals surface area (Å²) in [5.74, 6) is 0.850. The van der Waals surface area contributed by atoms with Crippen LogP contribution in [0.3, 0.4) is 0 Å². The number of allylic oxidation sites excluding steroid dienone is 7. The van der Waals surface area contributed by atoms with Crippen molar-refractivity contribution in [1.29, 1.82) is 0 Å². The third kappa shape index (κ3) is 4.10. The molecule has 1 unspecified atom stereocenters. The molecule has 0 radical (unpaired) electrons. The minimum absolute atomic E-state index is 0.236. The molecule has 124 valence electrons. The Kier molecular flexibility index (Phi) is 6.54. The van der Waals surface area contributed by atoms with E-state index in [1.54, 1.807) is 0 Å². The molecule has 0 N–H and O–H groups in total. The van der Waals surface area contributed by atoms with Gasteiger partial charge in [0.2, 0.25) is 0 Å². The van der Waals surface area contributed by atoms with Gasteiger partial charge in [0.1, 0.15) is 11.0 Å². The van der Waals surface area contributed by atoms with Gasteiger partial charge in [-0.25, -0.2) is 15.0 Å². The highest BCUT2D eigenvalue weighted by Gasteiger charge is 2.27.